The molecule has 5 atom stereocenters. The number of rotatable bonds is 30. The molecule has 0 aromatic rings. The van der Waals surface area contributed by atoms with Crippen molar-refractivity contribution in [1.29, 1.82) is 0 Å². The van der Waals surface area contributed by atoms with Gasteiger partial charge in [-0.15, -0.1) is 0 Å². The molecular formula is C45H78O2. The van der Waals surface area contributed by atoms with E-state index in [4.69, 9.17) is 9.47 Å². The predicted octanol–water partition coefficient (Wildman–Crippen LogP) is 14.5. The van der Waals surface area contributed by atoms with E-state index in [1.807, 2.05) is 0 Å². The molecule has 1 saturated heterocycles. The Kier molecular flexibility index (Phi) is 22.1. The SMILES string of the molecule is CCCCC/C=C\C/C=C\CCCCCCCCC1(CCCCCCCC/C=C\C/C=C\CCCCC)OC2C3CC(C)C(C3)[C@H]2O1. The summed E-state index contributed by atoms with van der Waals surface area (Å²) in [6.07, 6.45) is 55.9. The van der Waals surface area contributed by atoms with Gasteiger partial charge in [0, 0.05) is 12.8 Å². The first-order chi connectivity index (χ1) is 23.2. The molecule has 0 aromatic carbocycles. The molecule has 4 unspecified atom stereocenters. The zero-order chi connectivity index (χ0) is 33.3. The van der Waals surface area contributed by atoms with Gasteiger partial charge in [-0.2, -0.15) is 0 Å². The fourth-order valence-corrected chi connectivity index (χ4v) is 8.54. The van der Waals surface area contributed by atoms with Gasteiger partial charge in [-0.3, -0.25) is 0 Å². The minimum Gasteiger partial charge on any atom is -0.344 e. The Morgan fingerprint density at radius 3 is 1.34 bits per heavy atom. The smallest absolute Gasteiger partial charge is 0.169 e. The number of unbranched alkanes of at least 4 members (excludes halogenated alkanes) is 18. The fourth-order valence-electron chi connectivity index (χ4n) is 8.54. The van der Waals surface area contributed by atoms with E-state index in [1.165, 1.54) is 154 Å². The zero-order valence-electron chi connectivity index (χ0n) is 31.6. The van der Waals surface area contributed by atoms with E-state index in [9.17, 15) is 0 Å². The third-order valence-corrected chi connectivity index (χ3v) is 11.4. The lowest BCUT2D eigenvalue weighted by molar-refractivity contribution is -0.196. The van der Waals surface area contributed by atoms with Crippen LogP contribution in [0.5, 0.6) is 0 Å². The van der Waals surface area contributed by atoms with Gasteiger partial charge in [0.15, 0.2) is 5.79 Å². The molecule has 0 radical (unpaired) electrons. The molecule has 3 fully saturated rings. The highest BCUT2D eigenvalue weighted by Crippen LogP contribution is 2.57. The van der Waals surface area contributed by atoms with Crippen LogP contribution in [-0.4, -0.2) is 18.0 Å². The Balaban J connectivity index is 1.23. The molecule has 1 aliphatic heterocycles. The van der Waals surface area contributed by atoms with Gasteiger partial charge in [-0.05, 0) is 108 Å². The number of fused-ring (bicyclic) bond motifs is 5. The normalized spacial score (nSPS) is 25.1. The zero-order valence-corrected chi connectivity index (χ0v) is 31.6. The van der Waals surface area contributed by atoms with Gasteiger partial charge in [0.05, 0.1) is 12.2 Å². The van der Waals surface area contributed by atoms with Crippen LogP contribution in [0.25, 0.3) is 0 Å². The van der Waals surface area contributed by atoms with E-state index in [2.05, 4.69) is 69.4 Å². The number of ether oxygens (including phenoxy) is 2. The average molecular weight is 651 g/mol. The first-order valence-corrected chi connectivity index (χ1v) is 21.1. The summed E-state index contributed by atoms with van der Waals surface area (Å²) in [5.74, 6) is 2.05. The first kappa shape index (κ1) is 40.3. The monoisotopic (exact) mass is 651 g/mol. The molecule has 2 saturated carbocycles. The maximum atomic E-state index is 6.98. The van der Waals surface area contributed by atoms with Crippen molar-refractivity contribution < 1.29 is 9.47 Å². The highest BCUT2D eigenvalue weighted by Gasteiger charge is 2.60. The Morgan fingerprint density at radius 1 is 0.468 bits per heavy atom. The molecule has 2 heteroatoms. The molecule has 3 aliphatic rings. The summed E-state index contributed by atoms with van der Waals surface area (Å²) in [5.41, 5.74) is 0. The first-order valence-electron chi connectivity index (χ1n) is 21.1. The van der Waals surface area contributed by atoms with E-state index in [1.54, 1.807) is 0 Å². The minimum atomic E-state index is -0.277. The molecule has 47 heavy (non-hydrogen) atoms. The Bertz CT molecular complexity index is 819. The molecule has 2 aliphatic carbocycles. The van der Waals surface area contributed by atoms with Crippen LogP contribution in [0.2, 0.25) is 0 Å². The topological polar surface area (TPSA) is 18.5 Å². The summed E-state index contributed by atoms with van der Waals surface area (Å²) in [6, 6.07) is 0. The van der Waals surface area contributed by atoms with Gasteiger partial charge in [0.2, 0.25) is 0 Å². The van der Waals surface area contributed by atoms with Crippen molar-refractivity contribution >= 4 is 0 Å². The van der Waals surface area contributed by atoms with E-state index in [0.717, 1.165) is 43.4 Å². The van der Waals surface area contributed by atoms with Gasteiger partial charge >= 0.3 is 0 Å². The summed E-state index contributed by atoms with van der Waals surface area (Å²) in [7, 11) is 0. The minimum absolute atomic E-state index is 0.277. The van der Waals surface area contributed by atoms with Crippen molar-refractivity contribution in [2.75, 3.05) is 0 Å². The van der Waals surface area contributed by atoms with Crippen LogP contribution in [0.1, 0.15) is 201 Å². The number of hydrogen-bond acceptors (Lipinski definition) is 2. The maximum Gasteiger partial charge on any atom is 0.169 e. The van der Waals surface area contributed by atoms with Crippen molar-refractivity contribution in [1.82, 2.24) is 0 Å². The van der Waals surface area contributed by atoms with Gasteiger partial charge in [-0.25, -0.2) is 0 Å². The molecule has 1 heterocycles. The van der Waals surface area contributed by atoms with Crippen molar-refractivity contribution in [3.05, 3.63) is 48.6 Å². The summed E-state index contributed by atoms with van der Waals surface area (Å²) >= 11 is 0. The standard InChI is InChI=1S/C45H78O2/c1-4-6-8-10-12-14-16-18-20-22-24-26-28-30-32-34-36-45(46-43-41-38-40(3)42(39-41)44(43)47-45)37-35-33-31-29-27-25-23-21-19-17-15-13-11-9-7-5-2/h12-15,18-21,40-44H,4-11,16-17,22-39H2,1-3H3/b14-12-,15-13-,20-18-,21-19-/t40?,41?,42?,43?,44-/m1/s1. The second-order valence-electron chi connectivity index (χ2n) is 15.6. The lowest BCUT2D eigenvalue weighted by Gasteiger charge is -2.30. The van der Waals surface area contributed by atoms with Gasteiger partial charge in [-0.1, -0.05) is 146 Å². The number of allylic oxidation sites excluding steroid dienone is 8. The number of hydrogen-bond donors (Lipinski definition) is 0. The van der Waals surface area contributed by atoms with Gasteiger partial charge < -0.3 is 9.47 Å². The van der Waals surface area contributed by atoms with E-state index in [0.29, 0.717) is 12.2 Å². The largest absolute Gasteiger partial charge is 0.344 e. The van der Waals surface area contributed by atoms with Crippen molar-refractivity contribution in [2.24, 2.45) is 17.8 Å². The van der Waals surface area contributed by atoms with E-state index < -0.39 is 0 Å². The summed E-state index contributed by atoms with van der Waals surface area (Å²) < 4.78 is 13.9. The Morgan fingerprint density at radius 2 is 0.872 bits per heavy atom. The average Bonchev–Trinajstić information content (AvgIpc) is 3.74. The molecule has 0 amide bonds. The Labute approximate surface area is 293 Å². The van der Waals surface area contributed by atoms with Crippen molar-refractivity contribution in [2.45, 2.75) is 219 Å². The highest BCUT2D eigenvalue weighted by atomic mass is 16.8. The van der Waals surface area contributed by atoms with E-state index >= 15 is 0 Å². The van der Waals surface area contributed by atoms with Crippen LogP contribution in [0.15, 0.2) is 48.6 Å². The molecule has 270 valence electrons. The van der Waals surface area contributed by atoms with E-state index in [-0.39, 0.29) is 5.79 Å². The highest BCUT2D eigenvalue weighted by molar-refractivity contribution is 5.06. The van der Waals surface area contributed by atoms with Crippen LogP contribution in [0.4, 0.5) is 0 Å². The predicted molar refractivity (Wildman–Crippen MR) is 206 cm³/mol. The summed E-state index contributed by atoms with van der Waals surface area (Å²) in [4.78, 5) is 0. The van der Waals surface area contributed by atoms with Gasteiger partial charge in [0.25, 0.3) is 0 Å². The van der Waals surface area contributed by atoms with Crippen LogP contribution < -0.4 is 0 Å². The quantitative estimate of drug-likeness (QED) is 0.0569. The van der Waals surface area contributed by atoms with Crippen LogP contribution in [0, 0.1) is 17.8 Å². The maximum absolute atomic E-state index is 6.98. The van der Waals surface area contributed by atoms with Gasteiger partial charge in [0.1, 0.15) is 0 Å². The second kappa shape index (κ2) is 25.8. The molecule has 2 bridgehead atoms. The fraction of sp³-hybridized carbons (Fsp3) is 0.822. The third kappa shape index (κ3) is 16.4. The second-order valence-corrected chi connectivity index (χ2v) is 15.6. The summed E-state index contributed by atoms with van der Waals surface area (Å²) in [5, 5.41) is 0. The molecule has 0 N–H and O–H groups in total. The lowest BCUT2D eigenvalue weighted by atomic mass is 9.86. The van der Waals surface area contributed by atoms with Crippen LogP contribution >= 0.6 is 0 Å². The van der Waals surface area contributed by atoms with Crippen LogP contribution in [0.3, 0.4) is 0 Å². The third-order valence-electron chi connectivity index (χ3n) is 11.4. The molecule has 0 aromatic heterocycles. The van der Waals surface area contributed by atoms with Crippen LogP contribution in [-0.2, 0) is 9.47 Å². The molecule has 0 spiro atoms. The van der Waals surface area contributed by atoms with Crippen molar-refractivity contribution in [3.8, 4) is 0 Å². The molecule has 2 nitrogen and oxygen atoms in total. The summed E-state index contributed by atoms with van der Waals surface area (Å²) in [6.45, 7) is 7.00. The Hall–Kier alpha value is -1.12. The van der Waals surface area contributed by atoms with Crippen molar-refractivity contribution in [3.63, 3.8) is 0 Å². The lowest BCUT2D eigenvalue weighted by Crippen LogP contribution is -2.33. The molecule has 3 rings (SSSR count). The molecular weight excluding hydrogens is 572 g/mol.